The molecule has 7 nitrogen and oxygen atoms in total. The Morgan fingerprint density at radius 3 is 2.83 bits per heavy atom. The highest BCUT2D eigenvalue weighted by Crippen LogP contribution is 2.31. The van der Waals surface area contributed by atoms with Crippen molar-refractivity contribution in [2.45, 2.75) is 57.2 Å². The summed E-state index contributed by atoms with van der Waals surface area (Å²) in [6.07, 6.45) is 5.78. The van der Waals surface area contributed by atoms with Crippen molar-refractivity contribution in [2.24, 2.45) is 7.05 Å². The van der Waals surface area contributed by atoms with Gasteiger partial charge in [0, 0.05) is 42.6 Å². The lowest BCUT2D eigenvalue weighted by Gasteiger charge is -2.34. The smallest absolute Gasteiger partial charge is 0.315 e. The second-order valence-electron chi connectivity index (χ2n) is 8.38. The van der Waals surface area contributed by atoms with Gasteiger partial charge in [0.05, 0.1) is 24.4 Å². The summed E-state index contributed by atoms with van der Waals surface area (Å²) in [5.41, 5.74) is 3.89. The third kappa shape index (κ3) is 4.28. The van der Waals surface area contributed by atoms with Crippen LogP contribution in [0.15, 0.2) is 24.4 Å². The summed E-state index contributed by atoms with van der Waals surface area (Å²) in [6, 6.07) is 4.01. The van der Waals surface area contributed by atoms with Crippen molar-refractivity contribution in [3.63, 3.8) is 0 Å². The second kappa shape index (κ2) is 8.63. The van der Waals surface area contributed by atoms with Gasteiger partial charge in [-0.15, -0.1) is 0 Å². The normalized spacial score (nSPS) is 20.5. The Morgan fingerprint density at radius 2 is 2.07 bits per heavy atom. The van der Waals surface area contributed by atoms with Crippen LogP contribution in [0.5, 0.6) is 0 Å². The molecule has 2 aliphatic rings. The van der Waals surface area contributed by atoms with Crippen LogP contribution in [0.2, 0.25) is 0 Å². The average Bonchev–Trinajstić information content (AvgIpc) is 3.11. The number of aromatic nitrogens is 2. The van der Waals surface area contributed by atoms with Gasteiger partial charge in [0.25, 0.3) is 0 Å². The lowest BCUT2D eigenvalue weighted by Crippen LogP contribution is -2.41. The molecule has 2 unspecified atom stereocenters. The van der Waals surface area contributed by atoms with E-state index in [9.17, 15) is 14.3 Å². The van der Waals surface area contributed by atoms with Crippen molar-refractivity contribution in [3.05, 3.63) is 47.0 Å². The summed E-state index contributed by atoms with van der Waals surface area (Å²) in [6.45, 7) is 3.29. The number of aryl methyl sites for hydroxylation is 1. The number of carbonyl (C=O) groups excluding carboxylic acids is 1. The lowest BCUT2D eigenvalue weighted by molar-refractivity contribution is 0.145. The Morgan fingerprint density at radius 1 is 1.30 bits per heavy atom. The number of carbonyl (C=O) groups is 1. The number of urea groups is 1. The maximum absolute atomic E-state index is 14.0. The predicted molar refractivity (Wildman–Crippen MR) is 113 cm³/mol. The molecule has 2 atom stereocenters. The van der Waals surface area contributed by atoms with Crippen molar-refractivity contribution in [1.82, 2.24) is 20.4 Å². The molecule has 0 spiro atoms. The summed E-state index contributed by atoms with van der Waals surface area (Å²) in [5.74, 6) is -0.327. The predicted octanol–water partition coefficient (Wildman–Crippen LogP) is 2.96. The van der Waals surface area contributed by atoms with E-state index in [1.807, 2.05) is 24.9 Å². The van der Waals surface area contributed by atoms with Crippen LogP contribution >= 0.6 is 0 Å². The van der Waals surface area contributed by atoms with E-state index < -0.39 is 0 Å². The fraction of sp³-hybridized carbons (Fsp3) is 0.545. The number of fused-ring (bicyclic) bond motifs is 1. The zero-order valence-corrected chi connectivity index (χ0v) is 17.6. The summed E-state index contributed by atoms with van der Waals surface area (Å²) >= 11 is 0. The number of benzene rings is 1. The Balaban J connectivity index is 1.45. The third-order valence-corrected chi connectivity index (χ3v) is 6.29. The first kappa shape index (κ1) is 20.7. The largest absolute Gasteiger partial charge is 0.393 e. The number of anilines is 1. The molecule has 1 fully saturated rings. The van der Waals surface area contributed by atoms with Gasteiger partial charge in [0.1, 0.15) is 5.82 Å². The average molecular weight is 416 g/mol. The maximum atomic E-state index is 14.0. The summed E-state index contributed by atoms with van der Waals surface area (Å²) < 4.78 is 15.9. The van der Waals surface area contributed by atoms with Gasteiger partial charge in [0.15, 0.2) is 0 Å². The highest BCUT2D eigenvalue weighted by Gasteiger charge is 2.26. The van der Waals surface area contributed by atoms with Crippen LogP contribution in [-0.4, -0.2) is 40.1 Å². The van der Waals surface area contributed by atoms with Gasteiger partial charge in [-0.2, -0.15) is 5.10 Å². The zero-order chi connectivity index (χ0) is 21.3. The van der Waals surface area contributed by atoms with Crippen LogP contribution < -0.4 is 15.5 Å². The Labute approximate surface area is 176 Å². The Kier molecular flexibility index (Phi) is 5.94. The number of nitrogens with one attached hydrogen (secondary N) is 2. The topological polar surface area (TPSA) is 82.4 Å². The van der Waals surface area contributed by atoms with E-state index in [-0.39, 0.29) is 30.0 Å². The SMILES string of the molecule is CC(NC(=O)NC1CCCc2c1cnn2C)c1cc(F)ccc1N1CCC(O)CC1. The van der Waals surface area contributed by atoms with Crippen LogP contribution in [0, 0.1) is 5.82 Å². The number of halogens is 1. The van der Waals surface area contributed by atoms with Gasteiger partial charge in [-0.1, -0.05) is 0 Å². The molecule has 0 radical (unpaired) electrons. The van der Waals surface area contributed by atoms with E-state index in [1.54, 1.807) is 6.07 Å². The van der Waals surface area contributed by atoms with Crippen molar-refractivity contribution >= 4 is 11.7 Å². The maximum Gasteiger partial charge on any atom is 0.315 e. The molecule has 162 valence electrons. The zero-order valence-electron chi connectivity index (χ0n) is 17.6. The van der Waals surface area contributed by atoms with Gasteiger partial charge < -0.3 is 20.6 Å². The van der Waals surface area contributed by atoms with Gasteiger partial charge in [-0.05, 0) is 57.2 Å². The van der Waals surface area contributed by atoms with Crippen LogP contribution in [0.3, 0.4) is 0 Å². The van der Waals surface area contributed by atoms with E-state index in [1.165, 1.54) is 17.8 Å². The second-order valence-corrected chi connectivity index (χ2v) is 8.38. The first-order chi connectivity index (χ1) is 14.4. The standard InChI is InChI=1S/C22H30FN5O2/c1-14(17-12-15(23)6-7-21(17)28-10-8-16(29)9-11-28)25-22(30)26-19-4-3-5-20-18(19)13-24-27(20)2/h6-7,12-14,16,19,29H,3-5,8-11H2,1-2H3,(H2,25,26,30). The minimum Gasteiger partial charge on any atom is -0.393 e. The molecule has 8 heteroatoms. The highest BCUT2D eigenvalue weighted by molar-refractivity contribution is 5.75. The molecular formula is C22H30FN5O2. The number of piperidine rings is 1. The van der Waals surface area contributed by atoms with Crippen LogP contribution in [0.25, 0.3) is 0 Å². The molecule has 0 saturated carbocycles. The van der Waals surface area contributed by atoms with Crippen LogP contribution in [0.4, 0.5) is 14.9 Å². The van der Waals surface area contributed by atoms with Gasteiger partial charge in [-0.3, -0.25) is 4.68 Å². The molecule has 30 heavy (non-hydrogen) atoms. The number of aliphatic hydroxyl groups excluding tert-OH is 1. The summed E-state index contributed by atoms with van der Waals surface area (Å²) in [4.78, 5) is 14.9. The molecule has 4 rings (SSSR count). The van der Waals surface area contributed by atoms with Gasteiger partial charge >= 0.3 is 6.03 Å². The van der Waals surface area contributed by atoms with E-state index in [0.717, 1.165) is 36.1 Å². The molecule has 2 heterocycles. The minimum absolute atomic E-state index is 0.0646. The van der Waals surface area contributed by atoms with Crippen molar-refractivity contribution in [1.29, 1.82) is 0 Å². The third-order valence-electron chi connectivity index (χ3n) is 6.29. The molecule has 3 N–H and O–H groups in total. The molecule has 0 bridgehead atoms. The van der Waals surface area contributed by atoms with Crippen LogP contribution in [-0.2, 0) is 13.5 Å². The number of hydrogen-bond donors (Lipinski definition) is 3. The fourth-order valence-electron chi connectivity index (χ4n) is 4.60. The quantitative estimate of drug-likeness (QED) is 0.717. The van der Waals surface area contributed by atoms with Crippen molar-refractivity contribution in [3.8, 4) is 0 Å². The molecule has 2 amide bonds. The molecule has 1 aliphatic heterocycles. The lowest BCUT2D eigenvalue weighted by atomic mass is 9.93. The number of nitrogens with zero attached hydrogens (tertiary/aromatic N) is 3. The molecule has 1 aromatic carbocycles. The van der Waals surface area contributed by atoms with Crippen molar-refractivity contribution in [2.75, 3.05) is 18.0 Å². The molecule has 2 aromatic rings. The number of hydrogen-bond acceptors (Lipinski definition) is 4. The van der Waals surface area contributed by atoms with Crippen LogP contribution in [0.1, 0.15) is 61.5 Å². The molecular weight excluding hydrogens is 385 g/mol. The monoisotopic (exact) mass is 415 g/mol. The summed E-state index contributed by atoms with van der Waals surface area (Å²) in [7, 11) is 1.93. The first-order valence-electron chi connectivity index (χ1n) is 10.7. The van der Waals surface area contributed by atoms with E-state index in [0.29, 0.717) is 25.9 Å². The Bertz CT molecular complexity index is 907. The van der Waals surface area contributed by atoms with E-state index in [4.69, 9.17) is 0 Å². The minimum atomic E-state index is -0.362. The van der Waals surface area contributed by atoms with E-state index in [2.05, 4.69) is 20.6 Å². The number of aliphatic hydroxyl groups is 1. The number of rotatable bonds is 4. The summed E-state index contributed by atoms with van der Waals surface area (Å²) in [5, 5.41) is 20.1. The fourth-order valence-corrected chi connectivity index (χ4v) is 4.60. The molecule has 1 aromatic heterocycles. The first-order valence-corrected chi connectivity index (χ1v) is 10.7. The Hall–Kier alpha value is -2.61. The van der Waals surface area contributed by atoms with E-state index >= 15 is 0 Å². The van der Waals surface area contributed by atoms with Crippen molar-refractivity contribution < 1.29 is 14.3 Å². The number of amides is 2. The molecule has 1 saturated heterocycles. The van der Waals surface area contributed by atoms with Gasteiger partial charge in [0.2, 0.25) is 0 Å². The van der Waals surface area contributed by atoms with Gasteiger partial charge in [-0.25, -0.2) is 9.18 Å². The molecule has 1 aliphatic carbocycles. The highest BCUT2D eigenvalue weighted by atomic mass is 19.1.